The van der Waals surface area contributed by atoms with Gasteiger partial charge in [0.05, 0.1) is 11.3 Å². The molecule has 0 amide bonds. The highest BCUT2D eigenvalue weighted by Crippen LogP contribution is 2.64. The van der Waals surface area contributed by atoms with E-state index in [1.807, 2.05) is 62.3 Å². The summed E-state index contributed by atoms with van der Waals surface area (Å²) in [7, 11) is -8.71. The van der Waals surface area contributed by atoms with Gasteiger partial charge in [-0.25, -0.2) is 0 Å². The van der Waals surface area contributed by atoms with E-state index in [-0.39, 0.29) is 34.2 Å². The molecule has 9 unspecified atom stereocenters. The summed E-state index contributed by atoms with van der Waals surface area (Å²) in [6.45, 7) is 23.1. The lowest BCUT2D eigenvalue weighted by Gasteiger charge is -2.15. The molecule has 0 bridgehead atoms. The van der Waals surface area contributed by atoms with Crippen LogP contribution in [0.4, 0.5) is 0 Å². The minimum absolute atomic E-state index is 0.00694. The van der Waals surface area contributed by atoms with Gasteiger partial charge < -0.3 is 14.7 Å². The molecule has 3 aliphatic rings. The first-order valence-corrected chi connectivity index (χ1v) is 17.3. The minimum Gasteiger partial charge on any atom is -0.344 e. The third-order valence-corrected chi connectivity index (χ3v) is 18.6. The van der Waals surface area contributed by atoms with Crippen LogP contribution < -0.4 is 0 Å². The van der Waals surface area contributed by atoms with Crippen molar-refractivity contribution in [3.05, 3.63) is 22.0 Å². The Morgan fingerprint density at radius 2 is 0.879 bits per heavy atom. The minimum atomic E-state index is -2.96. The number of hydrogen-bond donors (Lipinski definition) is 3. The molecule has 6 nitrogen and oxygen atoms in total. The van der Waals surface area contributed by atoms with E-state index >= 15 is 0 Å². The standard InChI is InChI=1S/C8H17O2P.2C8H15O2P/c3*1-5-6(2)8(4)11(9,10)7(5)3/h5-8H,1-4H3,(H,9,10);7-8H,1-4H3,(H,9,10);5,7H,1-4H3,(H,9,10). The van der Waals surface area contributed by atoms with Crippen LogP contribution in [0.2, 0.25) is 0 Å². The summed E-state index contributed by atoms with van der Waals surface area (Å²) < 4.78 is 34.9. The van der Waals surface area contributed by atoms with Gasteiger partial charge in [-0.2, -0.15) is 0 Å². The summed E-state index contributed by atoms with van der Waals surface area (Å²) in [6, 6.07) is 0. The Kier molecular flexibility index (Phi) is 9.96. The van der Waals surface area contributed by atoms with Crippen molar-refractivity contribution in [3.63, 3.8) is 0 Å². The average Bonchev–Trinajstić information content (AvgIpc) is 3.04. The van der Waals surface area contributed by atoms with Crippen molar-refractivity contribution < 1.29 is 28.4 Å². The second-order valence-electron chi connectivity index (χ2n) is 10.7. The predicted molar refractivity (Wildman–Crippen MR) is 141 cm³/mol. The van der Waals surface area contributed by atoms with Crippen molar-refractivity contribution in [1.82, 2.24) is 0 Å². The van der Waals surface area contributed by atoms with Crippen LogP contribution in [0.25, 0.3) is 0 Å². The average molecular weight is 525 g/mol. The van der Waals surface area contributed by atoms with Crippen LogP contribution in [0.5, 0.6) is 0 Å². The van der Waals surface area contributed by atoms with E-state index < -0.39 is 22.1 Å². The summed E-state index contributed by atoms with van der Waals surface area (Å²) in [4.78, 5) is 28.8. The maximum absolute atomic E-state index is 11.7. The number of rotatable bonds is 0. The van der Waals surface area contributed by atoms with Crippen molar-refractivity contribution in [2.24, 2.45) is 17.8 Å². The van der Waals surface area contributed by atoms with Crippen LogP contribution in [0.1, 0.15) is 83.1 Å². The molecule has 9 atom stereocenters. The van der Waals surface area contributed by atoms with Crippen molar-refractivity contribution in [2.75, 3.05) is 0 Å². The van der Waals surface area contributed by atoms with Gasteiger partial charge in [0.1, 0.15) is 0 Å². The highest BCUT2D eigenvalue weighted by atomic mass is 31.2. The monoisotopic (exact) mass is 524 g/mol. The van der Waals surface area contributed by atoms with Crippen LogP contribution in [-0.2, 0) is 13.7 Å². The molecule has 0 aromatic heterocycles. The molecular weight excluding hydrogens is 477 g/mol. The lowest BCUT2D eigenvalue weighted by Crippen LogP contribution is -2.12. The molecule has 33 heavy (non-hydrogen) atoms. The molecule has 0 aromatic carbocycles. The number of allylic oxidation sites excluding steroid dienone is 4. The van der Waals surface area contributed by atoms with Gasteiger partial charge in [0, 0.05) is 22.3 Å². The van der Waals surface area contributed by atoms with Gasteiger partial charge in [0.15, 0.2) is 0 Å². The fourth-order valence-corrected chi connectivity index (χ4v) is 12.0. The summed E-state index contributed by atoms with van der Waals surface area (Å²) in [5.41, 5.74) is 2.95. The zero-order valence-corrected chi connectivity index (χ0v) is 25.2. The van der Waals surface area contributed by atoms with E-state index in [0.717, 1.165) is 22.0 Å². The first kappa shape index (κ1) is 31.1. The quantitative estimate of drug-likeness (QED) is 0.227. The zero-order valence-electron chi connectivity index (χ0n) is 22.5. The summed E-state index contributed by atoms with van der Waals surface area (Å²) in [6.07, 6.45) is 0. The molecule has 9 heteroatoms. The second-order valence-corrected chi connectivity index (χ2v) is 19.3. The SMILES string of the molecule is CC1=C(C)C(C)P(=O)(O)C1C.CC1=C(C)P(=O)(O)C(C)C1C.CC1C(C)C(C)P(=O)(O)C1C. The van der Waals surface area contributed by atoms with E-state index in [1.165, 1.54) is 0 Å². The molecule has 0 saturated carbocycles. The third-order valence-electron chi connectivity index (χ3n) is 9.51. The first-order valence-electron chi connectivity index (χ1n) is 12.0. The van der Waals surface area contributed by atoms with E-state index in [4.69, 9.17) is 0 Å². The molecule has 0 aromatic rings. The maximum Gasteiger partial charge on any atom is 0.228 e. The van der Waals surface area contributed by atoms with Crippen molar-refractivity contribution in [2.45, 2.75) is 111 Å². The molecule has 3 aliphatic heterocycles. The van der Waals surface area contributed by atoms with E-state index in [2.05, 4.69) is 13.8 Å². The number of hydrogen-bond acceptors (Lipinski definition) is 3. The first-order chi connectivity index (χ1) is 14.7. The second kappa shape index (κ2) is 10.6. The molecule has 1 fully saturated rings. The fraction of sp³-hybridized carbons (Fsp3) is 0.833. The summed E-state index contributed by atoms with van der Waals surface area (Å²) >= 11 is 0. The molecule has 3 N–H and O–H groups in total. The van der Waals surface area contributed by atoms with Crippen LogP contribution >= 0.6 is 22.1 Å². The molecule has 3 rings (SSSR count). The molecule has 0 spiro atoms. The van der Waals surface area contributed by atoms with Crippen molar-refractivity contribution >= 4 is 22.1 Å². The Hall–Kier alpha value is 0.0500. The van der Waals surface area contributed by atoms with Gasteiger partial charge >= 0.3 is 0 Å². The normalized spacial score (nSPS) is 49.5. The molecule has 0 radical (unpaired) electrons. The molecule has 3 heterocycles. The third kappa shape index (κ3) is 5.58. The Labute approximate surface area is 201 Å². The van der Waals surface area contributed by atoms with Gasteiger partial charge in [-0.15, -0.1) is 0 Å². The van der Waals surface area contributed by atoms with E-state index in [9.17, 15) is 28.4 Å². The zero-order chi connectivity index (χ0) is 26.4. The topological polar surface area (TPSA) is 112 Å². The van der Waals surface area contributed by atoms with Gasteiger partial charge in [-0.3, -0.25) is 13.7 Å². The fourth-order valence-electron chi connectivity index (χ4n) is 5.03. The van der Waals surface area contributed by atoms with E-state index in [0.29, 0.717) is 11.8 Å². The van der Waals surface area contributed by atoms with Gasteiger partial charge in [-0.1, -0.05) is 58.3 Å². The molecule has 1 saturated heterocycles. The van der Waals surface area contributed by atoms with Crippen molar-refractivity contribution in [1.29, 1.82) is 0 Å². The lowest BCUT2D eigenvalue weighted by molar-refractivity contribution is 0.413. The van der Waals surface area contributed by atoms with Crippen LogP contribution in [0.3, 0.4) is 0 Å². The highest BCUT2D eigenvalue weighted by Gasteiger charge is 2.49. The molecule has 0 aliphatic carbocycles. The molecular formula is C24H47O6P3. The Balaban J connectivity index is 0.000000247. The van der Waals surface area contributed by atoms with Gasteiger partial charge in [-0.05, 0) is 59.3 Å². The molecule has 194 valence electrons. The largest absolute Gasteiger partial charge is 0.344 e. The Morgan fingerprint density at radius 1 is 0.545 bits per heavy atom. The predicted octanol–water partition coefficient (Wildman–Crippen LogP) is 7.29. The van der Waals surface area contributed by atoms with Crippen molar-refractivity contribution in [3.8, 4) is 0 Å². The van der Waals surface area contributed by atoms with Gasteiger partial charge in [0.2, 0.25) is 22.1 Å². The summed E-state index contributed by atoms with van der Waals surface area (Å²) in [5.74, 6) is 1.05. The lowest BCUT2D eigenvalue weighted by atomic mass is 9.92. The summed E-state index contributed by atoms with van der Waals surface area (Å²) in [5, 5.41) is 0.720. The van der Waals surface area contributed by atoms with Gasteiger partial charge in [0.25, 0.3) is 0 Å². The van der Waals surface area contributed by atoms with Crippen LogP contribution in [0.15, 0.2) is 22.0 Å². The smallest absolute Gasteiger partial charge is 0.228 e. The highest BCUT2D eigenvalue weighted by molar-refractivity contribution is 7.63. The van der Waals surface area contributed by atoms with Crippen LogP contribution in [0, 0.1) is 17.8 Å². The Morgan fingerprint density at radius 3 is 0.970 bits per heavy atom. The Bertz CT molecular complexity index is 906. The van der Waals surface area contributed by atoms with E-state index in [1.54, 1.807) is 6.92 Å². The van der Waals surface area contributed by atoms with Crippen LogP contribution in [-0.4, -0.2) is 43.0 Å². The maximum atomic E-state index is 11.7.